The lowest BCUT2D eigenvalue weighted by Crippen LogP contribution is -2.23. The Morgan fingerprint density at radius 2 is 2.07 bits per heavy atom. The van der Waals surface area contributed by atoms with E-state index in [4.69, 9.17) is 21.1 Å². The van der Waals surface area contributed by atoms with Crippen molar-refractivity contribution < 1.29 is 14.3 Å². The molecule has 0 aliphatic heterocycles. The number of ether oxygens (including phenoxy) is 2. The van der Waals surface area contributed by atoms with E-state index in [9.17, 15) is 4.79 Å². The van der Waals surface area contributed by atoms with Crippen molar-refractivity contribution in [3.05, 3.63) is 52.8 Å². The van der Waals surface area contributed by atoms with Crippen LogP contribution in [0.3, 0.4) is 0 Å². The van der Waals surface area contributed by atoms with Gasteiger partial charge in [0.15, 0.2) is 11.5 Å². The molecule has 0 fully saturated rings. The number of methoxy groups -OCH3 is 2. The number of aryl methyl sites for hydroxylation is 1. The number of fused-ring (bicyclic) bond motifs is 1. The Hall–Kier alpha value is -3.06. The number of aromatic nitrogens is 2. The molecule has 0 atom stereocenters. The van der Waals surface area contributed by atoms with Crippen LogP contribution < -0.4 is 14.9 Å². The lowest BCUT2D eigenvalue weighted by molar-refractivity contribution is -0.121. The van der Waals surface area contributed by atoms with Crippen LogP contribution in [0, 0.1) is 6.92 Å². The van der Waals surface area contributed by atoms with E-state index in [-0.39, 0.29) is 12.5 Å². The zero-order valence-electron chi connectivity index (χ0n) is 15.2. The number of benzene rings is 2. The number of rotatable bonds is 6. The molecule has 0 saturated carbocycles. The summed E-state index contributed by atoms with van der Waals surface area (Å²) in [7, 11) is 3.04. The Balaban J connectivity index is 1.70. The zero-order chi connectivity index (χ0) is 19.4. The van der Waals surface area contributed by atoms with Gasteiger partial charge in [-0.05, 0) is 36.8 Å². The molecule has 0 bridgehead atoms. The minimum atomic E-state index is -0.260. The normalized spacial score (nSPS) is 11.1. The van der Waals surface area contributed by atoms with Gasteiger partial charge in [0.05, 0.1) is 36.5 Å². The van der Waals surface area contributed by atoms with Gasteiger partial charge in [-0.3, -0.25) is 4.79 Å². The molecule has 27 heavy (non-hydrogen) atoms. The highest BCUT2D eigenvalue weighted by atomic mass is 35.5. The summed E-state index contributed by atoms with van der Waals surface area (Å²) in [6.45, 7) is 1.98. The molecular formula is C19H19ClN4O3. The third-order valence-electron chi connectivity index (χ3n) is 4.01. The van der Waals surface area contributed by atoms with E-state index in [1.54, 1.807) is 12.1 Å². The number of imidazole rings is 1. The van der Waals surface area contributed by atoms with Gasteiger partial charge in [0.25, 0.3) is 5.91 Å². The molecule has 3 rings (SSSR count). The smallest absolute Gasteiger partial charge is 0.260 e. The molecule has 0 aliphatic rings. The lowest BCUT2D eigenvalue weighted by atomic mass is 10.2. The molecule has 0 spiro atoms. The fourth-order valence-corrected chi connectivity index (χ4v) is 3.06. The molecule has 1 N–H and O–H groups in total. The molecule has 1 amide bonds. The highest BCUT2D eigenvalue weighted by Gasteiger charge is 2.11. The Labute approximate surface area is 161 Å². The summed E-state index contributed by atoms with van der Waals surface area (Å²) >= 11 is 6.16. The van der Waals surface area contributed by atoms with E-state index < -0.39 is 0 Å². The van der Waals surface area contributed by atoms with Crippen LogP contribution in [-0.2, 0) is 11.3 Å². The predicted molar refractivity (Wildman–Crippen MR) is 105 cm³/mol. The minimum absolute atomic E-state index is 0.121. The van der Waals surface area contributed by atoms with Crippen LogP contribution >= 0.6 is 11.6 Å². The second-order valence-corrected chi connectivity index (χ2v) is 6.17. The fourth-order valence-electron chi connectivity index (χ4n) is 2.77. The quantitative estimate of drug-likeness (QED) is 0.521. The van der Waals surface area contributed by atoms with Crippen LogP contribution in [0.25, 0.3) is 11.0 Å². The average molecular weight is 387 g/mol. The van der Waals surface area contributed by atoms with E-state index in [1.165, 1.54) is 20.4 Å². The first-order chi connectivity index (χ1) is 13.0. The SMILES string of the molecule is COc1cc(/C=N\NC(=O)Cn2c(C)nc3ccccc32)cc(Cl)c1OC. The molecule has 3 aromatic rings. The number of para-hydroxylation sites is 2. The topological polar surface area (TPSA) is 77.7 Å². The van der Waals surface area contributed by atoms with E-state index in [1.807, 2.05) is 35.8 Å². The zero-order valence-corrected chi connectivity index (χ0v) is 15.9. The largest absolute Gasteiger partial charge is 0.493 e. The Morgan fingerprint density at radius 1 is 1.30 bits per heavy atom. The number of nitrogens with zero attached hydrogens (tertiary/aromatic N) is 3. The molecule has 1 aromatic heterocycles. The van der Waals surface area contributed by atoms with Gasteiger partial charge < -0.3 is 14.0 Å². The van der Waals surface area contributed by atoms with Gasteiger partial charge in [0.2, 0.25) is 0 Å². The lowest BCUT2D eigenvalue weighted by Gasteiger charge is -2.10. The van der Waals surface area contributed by atoms with Crippen molar-refractivity contribution in [3.63, 3.8) is 0 Å². The van der Waals surface area contributed by atoms with Crippen LogP contribution in [0.2, 0.25) is 5.02 Å². The van der Waals surface area contributed by atoms with E-state index in [0.29, 0.717) is 22.1 Å². The van der Waals surface area contributed by atoms with Crippen LogP contribution in [0.5, 0.6) is 11.5 Å². The second-order valence-electron chi connectivity index (χ2n) is 5.77. The maximum atomic E-state index is 12.2. The number of hydrogen-bond donors (Lipinski definition) is 1. The predicted octanol–water partition coefficient (Wildman–Crippen LogP) is 3.17. The van der Waals surface area contributed by atoms with Crippen LogP contribution in [-0.4, -0.2) is 35.9 Å². The van der Waals surface area contributed by atoms with E-state index in [0.717, 1.165) is 16.9 Å². The van der Waals surface area contributed by atoms with Crippen molar-refractivity contribution in [2.45, 2.75) is 13.5 Å². The van der Waals surface area contributed by atoms with Crippen LogP contribution in [0.15, 0.2) is 41.5 Å². The van der Waals surface area contributed by atoms with Gasteiger partial charge in [-0.15, -0.1) is 0 Å². The van der Waals surface area contributed by atoms with Gasteiger partial charge in [-0.25, -0.2) is 10.4 Å². The number of nitrogens with one attached hydrogen (secondary N) is 1. The molecule has 0 saturated heterocycles. The molecule has 0 unspecified atom stereocenters. The molecule has 140 valence electrons. The van der Waals surface area contributed by atoms with E-state index >= 15 is 0 Å². The molecular weight excluding hydrogens is 368 g/mol. The molecule has 1 heterocycles. The average Bonchev–Trinajstić information content (AvgIpc) is 2.96. The summed E-state index contributed by atoms with van der Waals surface area (Å²) in [6.07, 6.45) is 1.49. The summed E-state index contributed by atoms with van der Waals surface area (Å²) in [5.41, 5.74) is 4.94. The van der Waals surface area contributed by atoms with Gasteiger partial charge in [-0.1, -0.05) is 23.7 Å². The maximum absolute atomic E-state index is 12.2. The highest BCUT2D eigenvalue weighted by molar-refractivity contribution is 6.32. The van der Waals surface area contributed by atoms with E-state index in [2.05, 4.69) is 15.5 Å². The van der Waals surface area contributed by atoms with Crippen LogP contribution in [0.4, 0.5) is 0 Å². The van der Waals surface area contributed by atoms with Crippen molar-refractivity contribution in [3.8, 4) is 11.5 Å². The molecule has 0 aliphatic carbocycles. The summed E-state index contributed by atoms with van der Waals surface area (Å²) in [4.78, 5) is 16.7. The first-order valence-electron chi connectivity index (χ1n) is 8.18. The third-order valence-corrected chi connectivity index (χ3v) is 4.29. The Bertz CT molecular complexity index is 1010. The van der Waals surface area contributed by atoms with Crippen LogP contribution in [0.1, 0.15) is 11.4 Å². The number of carbonyl (C=O) groups is 1. The number of halogens is 1. The number of hydrazone groups is 1. The Morgan fingerprint density at radius 3 is 2.81 bits per heavy atom. The van der Waals surface area contributed by atoms with Gasteiger partial charge in [0.1, 0.15) is 12.4 Å². The third kappa shape index (κ3) is 4.03. The van der Waals surface area contributed by atoms with Gasteiger partial charge in [-0.2, -0.15) is 5.10 Å². The van der Waals surface area contributed by atoms with Gasteiger partial charge in [0, 0.05) is 0 Å². The first-order valence-corrected chi connectivity index (χ1v) is 8.56. The van der Waals surface area contributed by atoms with Crippen molar-refractivity contribution >= 4 is 34.8 Å². The van der Waals surface area contributed by atoms with Crippen molar-refractivity contribution in [1.29, 1.82) is 0 Å². The fraction of sp³-hybridized carbons (Fsp3) is 0.211. The molecule has 2 aromatic carbocycles. The van der Waals surface area contributed by atoms with Gasteiger partial charge >= 0.3 is 0 Å². The van der Waals surface area contributed by atoms with Crippen molar-refractivity contribution in [2.75, 3.05) is 14.2 Å². The highest BCUT2D eigenvalue weighted by Crippen LogP contribution is 2.35. The number of amides is 1. The minimum Gasteiger partial charge on any atom is -0.493 e. The monoisotopic (exact) mass is 386 g/mol. The summed E-state index contributed by atoms with van der Waals surface area (Å²) in [6, 6.07) is 11.1. The standard InChI is InChI=1S/C19H19ClN4O3/c1-12-22-15-6-4-5-7-16(15)24(12)11-18(25)23-21-10-13-8-14(20)19(27-3)17(9-13)26-2/h4-10H,11H2,1-3H3,(H,23,25)/b21-10-. The Kier molecular flexibility index (Phi) is 5.61. The number of hydrogen-bond acceptors (Lipinski definition) is 5. The maximum Gasteiger partial charge on any atom is 0.260 e. The molecule has 0 radical (unpaired) electrons. The van der Waals surface area contributed by atoms with Crippen molar-refractivity contribution in [1.82, 2.24) is 15.0 Å². The number of carbonyl (C=O) groups excluding carboxylic acids is 1. The molecule has 7 nitrogen and oxygen atoms in total. The summed E-state index contributed by atoms with van der Waals surface area (Å²) in [5, 5.41) is 4.38. The van der Waals surface area contributed by atoms with Crippen molar-refractivity contribution in [2.24, 2.45) is 5.10 Å². The summed E-state index contributed by atoms with van der Waals surface area (Å²) in [5.74, 6) is 1.44. The summed E-state index contributed by atoms with van der Waals surface area (Å²) < 4.78 is 12.3. The molecule has 8 heteroatoms. The first kappa shape index (κ1) is 18.7. The second kappa shape index (κ2) is 8.09.